The van der Waals surface area contributed by atoms with Crippen molar-refractivity contribution in [3.8, 4) is 0 Å². The molecule has 0 saturated heterocycles. The number of thiazole rings is 1. The number of hydrogen-bond acceptors (Lipinski definition) is 4. The Morgan fingerprint density at radius 1 is 1.47 bits per heavy atom. The molecule has 0 bridgehead atoms. The predicted molar refractivity (Wildman–Crippen MR) is 80.7 cm³/mol. The lowest BCUT2D eigenvalue weighted by Gasteiger charge is -2.22. The number of nitrogens with zero attached hydrogens (tertiary/aromatic N) is 1. The van der Waals surface area contributed by atoms with Crippen LogP contribution in [-0.2, 0) is 11.2 Å². The molecule has 1 aliphatic carbocycles. The van der Waals surface area contributed by atoms with Crippen LogP contribution in [0.5, 0.6) is 0 Å². The SMILES string of the molecule is CCCNC1CCCc2sc(C(OC)C(C)C)nc21. The molecule has 0 aliphatic heterocycles. The van der Waals surface area contributed by atoms with E-state index in [4.69, 9.17) is 9.72 Å². The van der Waals surface area contributed by atoms with Gasteiger partial charge in [0.15, 0.2) is 0 Å². The van der Waals surface area contributed by atoms with Gasteiger partial charge in [-0.3, -0.25) is 0 Å². The summed E-state index contributed by atoms with van der Waals surface area (Å²) in [4.78, 5) is 6.38. The molecule has 0 amide bonds. The molecular weight excluding hydrogens is 256 g/mol. The molecule has 0 spiro atoms. The molecule has 2 unspecified atom stereocenters. The van der Waals surface area contributed by atoms with Crippen LogP contribution in [-0.4, -0.2) is 18.6 Å². The average Bonchev–Trinajstić information content (AvgIpc) is 2.80. The fourth-order valence-electron chi connectivity index (χ4n) is 2.73. The van der Waals surface area contributed by atoms with Crippen molar-refractivity contribution in [3.63, 3.8) is 0 Å². The van der Waals surface area contributed by atoms with Gasteiger partial charge in [-0.25, -0.2) is 4.98 Å². The Kier molecular flexibility index (Phi) is 5.37. The Hall–Kier alpha value is -0.450. The topological polar surface area (TPSA) is 34.1 Å². The first-order valence-electron chi connectivity index (χ1n) is 7.43. The summed E-state index contributed by atoms with van der Waals surface area (Å²) in [5.41, 5.74) is 1.29. The van der Waals surface area contributed by atoms with Crippen molar-refractivity contribution in [2.75, 3.05) is 13.7 Å². The minimum absolute atomic E-state index is 0.141. The smallest absolute Gasteiger partial charge is 0.122 e. The van der Waals surface area contributed by atoms with Crippen molar-refractivity contribution in [2.24, 2.45) is 5.92 Å². The predicted octanol–water partition coefficient (Wildman–Crippen LogP) is 3.86. The molecule has 2 rings (SSSR count). The first kappa shape index (κ1) is 14.9. The zero-order chi connectivity index (χ0) is 13.8. The highest BCUT2D eigenvalue weighted by atomic mass is 32.1. The van der Waals surface area contributed by atoms with Gasteiger partial charge in [0.1, 0.15) is 11.1 Å². The summed E-state index contributed by atoms with van der Waals surface area (Å²) in [5, 5.41) is 4.79. The molecule has 1 heterocycles. The summed E-state index contributed by atoms with van der Waals surface area (Å²) in [6.07, 6.45) is 4.99. The summed E-state index contributed by atoms with van der Waals surface area (Å²) in [7, 11) is 1.79. The van der Waals surface area contributed by atoms with Crippen LogP contribution in [0.3, 0.4) is 0 Å². The molecular formula is C15H26N2OS. The minimum atomic E-state index is 0.141. The van der Waals surface area contributed by atoms with Gasteiger partial charge in [-0.15, -0.1) is 11.3 Å². The minimum Gasteiger partial charge on any atom is -0.374 e. The van der Waals surface area contributed by atoms with Crippen molar-refractivity contribution >= 4 is 11.3 Å². The largest absolute Gasteiger partial charge is 0.374 e. The monoisotopic (exact) mass is 282 g/mol. The van der Waals surface area contributed by atoms with Crippen LogP contribution in [0.4, 0.5) is 0 Å². The third-order valence-corrected chi connectivity index (χ3v) is 4.91. The normalized spacial score (nSPS) is 20.6. The number of aryl methyl sites for hydroxylation is 1. The van der Waals surface area contributed by atoms with E-state index in [0.29, 0.717) is 12.0 Å². The highest BCUT2D eigenvalue weighted by molar-refractivity contribution is 7.11. The van der Waals surface area contributed by atoms with E-state index >= 15 is 0 Å². The van der Waals surface area contributed by atoms with Gasteiger partial charge in [-0.2, -0.15) is 0 Å². The van der Waals surface area contributed by atoms with E-state index in [0.717, 1.165) is 11.6 Å². The molecule has 0 saturated carbocycles. The van der Waals surface area contributed by atoms with Crippen LogP contribution in [0.1, 0.15) is 67.8 Å². The lowest BCUT2D eigenvalue weighted by molar-refractivity contribution is 0.0642. The second kappa shape index (κ2) is 6.82. The van der Waals surface area contributed by atoms with E-state index in [1.807, 2.05) is 11.3 Å². The zero-order valence-electron chi connectivity index (χ0n) is 12.5. The molecule has 4 heteroatoms. The lowest BCUT2D eigenvalue weighted by Crippen LogP contribution is -2.25. The number of aromatic nitrogens is 1. The standard InChI is InChI=1S/C15H26N2OS/c1-5-9-16-11-7-6-8-12-13(11)17-15(19-12)14(18-4)10(2)3/h10-11,14,16H,5-9H2,1-4H3. The molecule has 108 valence electrons. The van der Waals surface area contributed by atoms with Gasteiger partial charge in [-0.1, -0.05) is 20.8 Å². The third kappa shape index (κ3) is 3.36. The Bertz CT molecular complexity index is 403. The molecule has 0 aromatic carbocycles. The number of nitrogens with one attached hydrogen (secondary N) is 1. The lowest BCUT2D eigenvalue weighted by atomic mass is 9.97. The summed E-state index contributed by atoms with van der Waals surface area (Å²) in [6.45, 7) is 7.68. The highest BCUT2D eigenvalue weighted by Crippen LogP contribution is 2.37. The molecule has 2 atom stereocenters. The third-order valence-electron chi connectivity index (χ3n) is 3.71. The molecule has 3 nitrogen and oxygen atoms in total. The summed E-state index contributed by atoms with van der Waals surface area (Å²) >= 11 is 1.86. The van der Waals surface area contributed by atoms with E-state index in [9.17, 15) is 0 Å². The van der Waals surface area contributed by atoms with E-state index in [-0.39, 0.29) is 6.10 Å². The Labute approximate surface area is 120 Å². The van der Waals surface area contributed by atoms with Crippen molar-refractivity contribution in [1.82, 2.24) is 10.3 Å². The van der Waals surface area contributed by atoms with Crippen LogP contribution in [0.25, 0.3) is 0 Å². The first-order valence-corrected chi connectivity index (χ1v) is 8.24. The van der Waals surface area contributed by atoms with Gasteiger partial charge < -0.3 is 10.1 Å². The van der Waals surface area contributed by atoms with Crippen LogP contribution in [0, 0.1) is 5.92 Å². The molecule has 0 radical (unpaired) electrons. The molecule has 0 fully saturated rings. The number of rotatable bonds is 6. The number of fused-ring (bicyclic) bond motifs is 1. The second-order valence-corrected chi connectivity index (χ2v) is 6.77. The van der Waals surface area contributed by atoms with E-state index < -0.39 is 0 Å². The molecule has 19 heavy (non-hydrogen) atoms. The molecule has 1 N–H and O–H groups in total. The Morgan fingerprint density at radius 3 is 2.89 bits per heavy atom. The van der Waals surface area contributed by atoms with E-state index in [1.165, 1.54) is 36.3 Å². The second-order valence-electron chi connectivity index (χ2n) is 5.66. The summed E-state index contributed by atoms with van der Waals surface area (Å²) < 4.78 is 5.62. The van der Waals surface area contributed by atoms with Crippen LogP contribution >= 0.6 is 11.3 Å². The molecule has 1 aromatic heterocycles. The van der Waals surface area contributed by atoms with Crippen molar-refractivity contribution < 1.29 is 4.74 Å². The Morgan fingerprint density at radius 2 is 2.26 bits per heavy atom. The summed E-state index contributed by atoms with van der Waals surface area (Å²) in [5.74, 6) is 0.472. The van der Waals surface area contributed by atoms with Gasteiger partial charge in [0.25, 0.3) is 0 Å². The molecule has 1 aliphatic rings. The molecule has 1 aromatic rings. The van der Waals surface area contributed by atoms with Crippen molar-refractivity contribution in [1.29, 1.82) is 0 Å². The zero-order valence-corrected chi connectivity index (χ0v) is 13.3. The number of ether oxygens (including phenoxy) is 1. The highest BCUT2D eigenvalue weighted by Gasteiger charge is 2.27. The van der Waals surface area contributed by atoms with E-state index in [1.54, 1.807) is 7.11 Å². The van der Waals surface area contributed by atoms with Crippen LogP contribution in [0.2, 0.25) is 0 Å². The quantitative estimate of drug-likeness (QED) is 0.860. The van der Waals surface area contributed by atoms with Crippen LogP contribution < -0.4 is 5.32 Å². The van der Waals surface area contributed by atoms with E-state index in [2.05, 4.69) is 26.1 Å². The van der Waals surface area contributed by atoms with Gasteiger partial charge in [0.2, 0.25) is 0 Å². The van der Waals surface area contributed by atoms with Crippen molar-refractivity contribution in [2.45, 2.75) is 58.6 Å². The summed E-state index contributed by atoms with van der Waals surface area (Å²) in [6, 6.07) is 0.457. The fraction of sp³-hybridized carbons (Fsp3) is 0.800. The average molecular weight is 282 g/mol. The van der Waals surface area contributed by atoms with Crippen LogP contribution in [0.15, 0.2) is 0 Å². The number of methoxy groups -OCH3 is 1. The van der Waals surface area contributed by atoms with Gasteiger partial charge >= 0.3 is 0 Å². The maximum atomic E-state index is 5.62. The van der Waals surface area contributed by atoms with Crippen molar-refractivity contribution in [3.05, 3.63) is 15.6 Å². The Balaban J connectivity index is 2.20. The van der Waals surface area contributed by atoms with Gasteiger partial charge in [-0.05, 0) is 38.1 Å². The maximum absolute atomic E-state index is 5.62. The number of hydrogen-bond donors (Lipinski definition) is 1. The first-order chi connectivity index (χ1) is 9.17. The van der Waals surface area contributed by atoms with Gasteiger partial charge in [0.05, 0.1) is 11.7 Å². The van der Waals surface area contributed by atoms with Gasteiger partial charge in [0, 0.05) is 12.0 Å². The fourth-order valence-corrected chi connectivity index (χ4v) is 4.15. The maximum Gasteiger partial charge on any atom is 0.122 e.